The second-order valence-electron chi connectivity index (χ2n) is 6.84. The first-order valence-corrected chi connectivity index (χ1v) is 9.21. The highest BCUT2D eigenvalue weighted by atomic mass is 19.1. The number of fused-ring (bicyclic) bond motifs is 3. The summed E-state index contributed by atoms with van der Waals surface area (Å²) in [5.74, 6) is 0.0502. The minimum absolute atomic E-state index is 0.0265. The Kier molecular flexibility index (Phi) is 4.70. The molecule has 5 heteroatoms. The molecule has 0 radical (unpaired) electrons. The van der Waals surface area contributed by atoms with Crippen LogP contribution in [0.15, 0.2) is 24.3 Å². The van der Waals surface area contributed by atoms with E-state index in [1.165, 1.54) is 12.8 Å². The first-order valence-electron chi connectivity index (χ1n) is 9.21. The molecule has 1 saturated carbocycles. The summed E-state index contributed by atoms with van der Waals surface area (Å²) in [6, 6.07) is 6.68. The maximum absolute atomic E-state index is 14.9. The second kappa shape index (κ2) is 7.14. The lowest BCUT2D eigenvalue weighted by Crippen LogP contribution is -2.13. The Labute approximate surface area is 151 Å². The Morgan fingerprint density at radius 2 is 1.65 bits per heavy atom. The first kappa shape index (κ1) is 17.1. The molecule has 0 unspecified atom stereocenters. The largest absolute Gasteiger partial charge is 0.491 e. The topological polar surface area (TPSA) is 27.7 Å². The number of benzene rings is 2. The molecule has 0 N–H and O–H groups in total. The molecule has 1 aliphatic carbocycles. The molecule has 0 atom stereocenters. The van der Waals surface area contributed by atoms with Crippen molar-refractivity contribution in [2.75, 3.05) is 13.2 Å². The maximum Gasteiger partial charge on any atom is 0.207 e. The Morgan fingerprint density at radius 1 is 0.962 bits per heavy atom. The molecule has 2 aromatic rings. The number of halogens is 2. The van der Waals surface area contributed by atoms with Crippen molar-refractivity contribution in [2.45, 2.75) is 39.2 Å². The van der Waals surface area contributed by atoms with Gasteiger partial charge in [-0.25, -0.2) is 4.39 Å². The predicted octanol–water partition coefficient (Wildman–Crippen LogP) is 5.49. The summed E-state index contributed by atoms with van der Waals surface area (Å²) >= 11 is 0. The molecule has 3 nitrogen and oxygen atoms in total. The van der Waals surface area contributed by atoms with Crippen LogP contribution in [0.1, 0.15) is 38.2 Å². The van der Waals surface area contributed by atoms with Gasteiger partial charge in [-0.3, -0.25) is 0 Å². The average Bonchev–Trinajstić information content (AvgIpc) is 3.17. The fraction of sp³-hybridized carbons (Fsp3) is 0.429. The van der Waals surface area contributed by atoms with Gasteiger partial charge in [-0.05, 0) is 55.5 Å². The van der Waals surface area contributed by atoms with Crippen molar-refractivity contribution in [1.82, 2.24) is 0 Å². The van der Waals surface area contributed by atoms with Crippen LogP contribution in [0, 0.1) is 17.6 Å². The average molecular weight is 360 g/mol. The fourth-order valence-corrected chi connectivity index (χ4v) is 3.79. The van der Waals surface area contributed by atoms with Crippen LogP contribution in [0.2, 0.25) is 0 Å². The van der Waals surface area contributed by atoms with E-state index in [2.05, 4.69) is 0 Å². The molecule has 1 heterocycles. The monoisotopic (exact) mass is 360 g/mol. The van der Waals surface area contributed by atoms with Crippen molar-refractivity contribution in [3.05, 3.63) is 41.5 Å². The van der Waals surface area contributed by atoms with Crippen LogP contribution in [0.25, 0.3) is 11.1 Å². The van der Waals surface area contributed by atoms with E-state index in [0.717, 1.165) is 12.8 Å². The molecule has 1 fully saturated rings. The summed E-state index contributed by atoms with van der Waals surface area (Å²) in [6.07, 6.45) is 4.73. The van der Waals surface area contributed by atoms with Crippen molar-refractivity contribution in [3.8, 4) is 28.4 Å². The van der Waals surface area contributed by atoms with Gasteiger partial charge in [0.05, 0.1) is 13.2 Å². The zero-order valence-electron chi connectivity index (χ0n) is 14.8. The molecule has 0 spiro atoms. The second-order valence-corrected chi connectivity index (χ2v) is 6.84. The lowest BCUT2D eigenvalue weighted by molar-refractivity contribution is 0.236. The highest BCUT2D eigenvalue weighted by Crippen LogP contribution is 2.44. The number of hydrogen-bond acceptors (Lipinski definition) is 3. The molecule has 0 amide bonds. The first-order chi connectivity index (χ1) is 12.7. The molecule has 1 aliphatic heterocycles. The van der Waals surface area contributed by atoms with Gasteiger partial charge in [-0.15, -0.1) is 0 Å². The quantitative estimate of drug-likeness (QED) is 0.705. The third-order valence-corrected chi connectivity index (χ3v) is 5.17. The van der Waals surface area contributed by atoms with Crippen molar-refractivity contribution in [1.29, 1.82) is 0 Å². The Morgan fingerprint density at radius 3 is 2.38 bits per heavy atom. The molecule has 0 bridgehead atoms. The molecule has 0 aromatic heterocycles. The smallest absolute Gasteiger partial charge is 0.207 e. The zero-order chi connectivity index (χ0) is 18.1. The molecule has 26 heavy (non-hydrogen) atoms. The number of hydrogen-bond donors (Lipinski definition) is 0. The van der Waals surface area contributed by atoms with Crippen molar-refractivity contribution < 1.29 is 23.0 Å². The van der Waals surface area contributed by atoms with E-state index in [1.807, 2.05) is 0 Å². The lowest BCUT2D eigenvalue weighted by Gasteiger charge is -2.23. The van der Waals surface area contributed by atoms with Crippen LogP contribution in [-0.4, -0.2) is 13.2 Å². The molecular weight excluding hydrogens is 338 g/mol. The predicted molar refractivity (Wildman–Crippen MR) is 94.7 cm³/mol. The Bertz CT molecular complexity index is 813. The molecule has 4 rings (SSSR count). The Hall–Kier alpha value is -2.30. The molecule has 0 saturated heterocycles. The van der Waals surface area contributed by atoms with Gasteiger partial charge in [-0.1, -0.05) is 12.8 Å². The summed E-state index contributed by atoms with van der Waals surface area (Å²) in [5, 5.41) is 0. The lowest BCUT2D eigenvalue weighted by atomic mass is 9.96. The number of ether oxygens (including phenoxy) is 3. The fourth-order valence-electron chi connectivity index (χ4n) is 3.79. The molecular formula is C21H22F2O3. The SMILES string of the molecule is CCOc1ccc2c(c1F)OCc1c-2ccc(OCC2CCCC2)c1F. The summed E-state index contributed by atoms with van der Waals surface area (Å²) in [5.41, 5.74) is 1.58. The maximum atomic E-state index is 14.9. The Balaban J connectivity index is 1.63. The van der Waals surface area contributed by atoms with Crippen molar-refractivity contribution in [2.24, 2.45) is 5.92 Å². The van der Waals surface area contributed by atoms with E-state index in [0.29, 0.717) is 35.8 Å². The third-order valence-electron chi connectivity index (χ3n) is 5.17. The highest BCUT2D eigenvalue weighted by Gasteiger charge is 2.27. The summed E-state index contributed by atoms with van der Waals surface area (Å²) < 4.78 is 46.0. The van der Waals surface area contributed by atoms with Gasteiger partial charge in [0.2, 0.25) is 5.82 Å². The van der Waals surface area contributed by atoms with Gasteiger partial charge in [0.15, 0.2) is 23.1 Å². The molecule has 138 valence electrons. The standard InChI is InChI=1S/C21H22F2O3/c1-2-24-18-10-8-15-14-7-9-17(25-11-13-5-3-4-6-13)19(22)16(14)12-26-21(15)20(18)23/h7-10,13H,2-6,11-12H2,1H3. The minimum atomic E-state index is -0.544. The van der Waals surface area contributed by atoms with Crippen LogP contribution >= 0.6 is 0 Å². The van der Waals surface area contributed by atoms with E-state index < -0.39 is 11.6 Å². The third kappa shape index (κ3) is 3.00. The van der Waals surface area contributed by atoms with E-state index in [1.54, 1.807) is 31.2 Å². The molecule has 2 aliphatic rings. The summed E-state index contributed by atoms with van der Waals surface area (Å²) in [7, 11) is 0. The summed E-state index contributed by atoms with van der Waals surface area (Å²) in [6.45, 7) is 2.67. The number of rotatable bonds is 5. The molecule has 2 aromatic carbocycles. The van der Waals surface area contributed by atoms with Gasteiger partial charge in [0, 0.05) is 11.1 Å². The normalized spacial score (nSPS) is 16.0. The van der Waals surface area contributed by atoms with Gasteiger partial charge < -0.3 is 14.2 Å². The minimum Gasteiger partial charge on any atom is -0.491 e. The summed E-state index contributed by atoms with van der Waals surface area (Å²) in [4.78, 5) is 0. The van der Waals surface area contributed by atoms with E-state index in [-0.39, 0.29) is 23.9 Å². The van der Waals surface area contributed by atoms with E-state index in [4.69, 9.17) is 14.2 Å². The zero-order valence-corrected chi connectivity index (χ0v) is 14.8. The van der Waals surface area contributed by atoms with Crippen molar-refractivity contribution in [3.63, 3.8) is 0 Å². The van der Waals surface area contributed by atoms with Crippen LogP contribution < -0.4 is 14.2 Å². The van der Waals surface area contributed by atoms with Gasteiger partial charge in [0.25, 0.3) is 0 Å². The van der Waals surface area contributed by atoms with E-state index >= 15 is 0 Å². The van der Waals surface area contributed by atoms with Gasteiger partial charge in [-0.2, -0.15) is 4.39 Å². The van der Waals surface area contributed by atoms with Crippen LogP contribution in [0.3, 0.4) is 0 Å². The van der Waals surface area contributed by atoms with Crippen LogP contribution in [0.4, 0.5) is 8.78 Å². The van der Waals surface area contributed by atoms with E-state index in [9.17, 15) is 8.78 Å². The highest BCUT2D eigenvalue weighted by molar-refractivity contribution is 5.77. The van der Waals surface area contributed by atoms with Crippen molar-refractivity contribution >= 4 is 0 Å². The van der Waals surface area contributed by atoms with Gasteiger partial charge >= 0.3 is 0 Å². The van der Waals surface area contributed by atoms with Crippen LogP contribution in [0.5, 0.6) is 17.2 Å². The van der Waals surface area contributed by atoms with Crippen LogP contribution in [-0.2, 0) is 6.61 Å². The van der Waals surface area contributed by atoms with Gasteiger partial charge in [0.1, 0.15) is 6.61 Å².